The summed E-state index contributed by atoms with van der Waals surface area (Å²) in [5.41, 5.74) is 2.10. The molecule has 2 atom stereocenters. The number of hydrogen-bond acceptors (Lipinski definition) is 4. The molecule has 0 aromatic carbocycles. The average Bonchev–Trinajstić information content (AvgIpc) is 2.83. The van der Waals surface area contributed by atoms with Crippen LogP contribution in [0.25, 0.3) is 0 Å². The maximum Gasteiger partial charge on any atom is 0.152 e. The van der Waals surface area contributed by atoms with Gasteiger partial charge in [0.05, 0.1) is 27.5 Å². The van der Waals surface area contributed by atoms with Crippen LogP contribution in [-0.2, 0) is 24.2 Å². The van der Waals surface area contributed by atoms with Crippen LogP contribution >= 0.6 is 39.5 Å². The fourth-order valence-electron chi connectivity index (χ4n) is 2.65. The molecular weight excluding hydrogens is 368 g/mol. The summed E-state index contributed by atoms with van der Waals surface area (Å²) < 4.78 is 3.00. The van der Waals surface area contributed by atoms with Gasteiger partial charge < -0.3 is 0 Å². The zero-order valence-electron chi connectivity index (χ0n) is 12.9. The highest BCUT2D eigenvalue weighted by molar-refractivity contribution is 9.10. The van der Waals surface area contributed by atoms with Crippen LogP contribution in [0.4, 0.5) is 0 Å². The van der Waals surface area contributed by atoms with Gasteiger partial charge in [-0.3, -0.25) is 9.48 Å². The van der Waals surface area contributed by atoms with E-state index in [1.807, 2.05) is 28.2 Å². The van der Waals surface area contributed by atoms with Gasteiger partial charge in [-0.2, -0.15) is 16.9 Å². The molecule has 1 aromatic rings. The van der Waals surface area contributed by atoms with Gasteiger partial charge in [0.1, 0.15) is 0 Å². The second-order valence-electron chi connectivity index (χ2n) is 5.13. The van der Waals surface area contributed by atoms with Crippen molar-refractivity contribution in [2.45, 2.75) is 57.1 Å². The van der Waals surface area contributed by atoms with Crippen molar-refractivity contribution in [3.8, 4) is 0 Å². The Balaban J connectivity index is 2.17. The van der Waals surface area contributed by atoms with E-state index in [1.54, 1.807) is 0 Å². The van der Waals surface area contributed by atoms with Gasteiger partial charge in [0.15, 0.2) is 5.78 Å². The van der Waals surface area contributed by atoms with Gasteiger partial charge in [0.2, 0.25) is 0 Å². The van der Waals surface area contributed by atoms with Crippen molar-refractivity contribution in [1.29, 1.82) is 0 Å². The molecule has 0 radical (unpaired) electrons. The summed E-state index contributed by atoms with van der Waals surface area (Å²) in [6.45, 7) is 7.17. The molecule has 0 aliphatic carbocycles. The second kappa shape index (κ2) is 8.06. The molecule has 1 aliphatic heterocycles. The zero-order valence-corrected chi connectivity index (χ0v) is 16.1. The SMILES string of the molecule is CCc1nn(CC)c(CC(=O)C2SCCSC2CC)c1Br. The van der Waals surface area contributed by atoms with Gasteiger partial charge in [-0.25, -0.2) is 0 Å². The van der Waals surface area contributed by atoms with E-state index in [0.29, 0.717) is 17.5 Å². The van der Waals surface area contributed by atoms with Crippen LogP contribution in [0.2, 0.25) is 0 Å². The maximum atomic E-state index is 12.8. The molecule has 1 aliphatic rings. The molecule has 118 valence electrons. The molecular formula is C15H23BrN2OS2. The van der Waals surface area contributed by atoms with Gasteiger partial charge in [0.25, 0.3) is 0 Å². The topological polar surface area (TPSA) is 34.9 Å². The predicted molar refractivity (Wildman–Crippen MR) is 96.5 cm³/mol. The number of aryl methyl sites for hydroxylation is 2. The number of aromatic nitrogens is 2. The van der Waals surface area contributed by atoms with E-state index in [1.165, 1.54) is 5.75 Å². The van der Waals surface area contributed by atoms with Gasteiger partial charge >= 0.3 is 0 Å². The van der Waals surface area contributed by atoms with Crippen LogP contribution in [0.15, 0.2) is 4.47 Å². The van der Waals surface area contributed by atoms with Crippen LogP contribution in [-0.4, -0.2) is 37.6 Å². The molecule has 1 saturated heterocycles. The Bertz CT molecular complexity index is 504. The van der Waals surface area contributed by atoms with E-state index in [2.05, 4.69) is 41.8 Å². The first-order valence-corrected chi connectivity index (χ1v) is 10.5. The Hall–Kier alpha value is 0.0600. The summed E-state index contributed by atoms with van der Waals surface area (Å²) >= 11 is 7.44. The number of carbonyl (C=O) groups excluding carboxylic acids is 1. The summed E-state index contributed by atoms with van der Waals surface area (Å²) in [5.74, 6) is 2.62. The average molecular weight is 391 g/mol. The molecule has 1 fully saturated rings. The number of thioether (sulfide) groups is 2. The smallest absolute Gasteiger partial charge is 0.152 e. The summed E-state index contributed by atoms with van der Waals surface area (Å²) in [7, 11) is 0. The van der Waals surface area contributed by atoms with Crippen molar-refractivity contribution >= 4 is 45.2 Å². The van der Waals surface area contributed by atoms with E-state index in [4.69, 9.17) is 0 Å². The van der Waals surface area contributed by atoms with Crippen molar-refractivity contribution in [3.63, 3.8) is 0 Å². The third kappa shape index (κ3) is 3.88. The molecule has 21 heavy (non-hydrogen) atoms. The molecule has 2 unspecified atom stereocenters. The second-order valence-corrected chi connectivity index (χ2v) is 8.52. The minimum Gasteiger partial charge on any atom is -0.298 e. The van der Waals surface area contributed by atoms with Crippen molar-refractivity contribution in [2.75, 3.05) is 11.5 Å². The molecule has 0 N–H and O–H groups in total. The van der Waals surface area contributed by atoms with Crippen LogP contribution < -0.4 is 0 Å². The third-order valence-corrected chi connectivity index (χ3v) is 8.02. The molecule has 1 aromatic heterocycles. The number of nitrogens with zero attached hydrogens (tertiary/aromatic N) is 2. The van der Waals surface area contributed by atoms with Gasteiger partial charge in [-0.15, -0.1) is 11.8 Å². The highest BCUT2D eigenvalue weighted by Crippen LogP contribution is 2.35. The Morgan fingerprint density at radius 2 is 2.05 bits per heavy atom. The standard InChI is InChI=1S/C15H23BrN2OS2/c1-4-10-14(16)11(18(6-3)17-10)9-12(19)15-13(5-2)20-7-8-21-15/h13,15H,4-9H2,1-3H3. The quantitative estimate of drug-likeness (QED) is 0.735. The van der Waals surface area contributed by atoms with E-state index in [9.17, 15) is 4.79 Å². The fraction of sp³-hybridized carbons (Fsp3) is 0.733. The summed E-state index contributed by atoms with van der Waals surface area (Å²) in [5, 5.41) is 5.21. The monoisotopic (exact) mass is 390 g/mol. The number of carbonyl (C=O) groups is 1. The third-order valence-electron chi connectivity index (χ3n) is 3.81. The lowest BCUT2D eigenvalue weighted by molar-refractivity contribution is -0.118. The first-order valence-electron chi connectivity index (χ1n) is 7.62. The van der Waals surface area contributed by atoms with E-state index >= 15 is 0 Å². The van der Waals surface area contributed by atoms with E-state index in [-0.39, 0.29) is 5.25 Å². The maximum absolute atomic E-state index is 12.8. The fourth-order valence-corrected chi connectivity index (χ4v) is 6.39. The van der Waals surface area contributed by atoms with Gasteiger partial charge in [-0.1, -0.05) is 13.8 Å². The van der Waals surface area contributed by atoms with Gasteiger partial charge in [0, 0.05) is 23.3 Å². The lowest BCUT2D eigenvalue weighted by Gasteiger charge is -2.28. The molecule has 6 heteroatoms. The Morgan fingerprint density at radius 1 is 1.33 bits per heavy atom. The minimum atomic E-state index is 0.144. The Kier molecular flexibility index (Phi) is 6.69. The first kappa shape index (κ1) is 17.4. The molecule has 0 saturated carbocycles. The summed E-state index contributed by atoms with van der Waals surface area (Å²) in [4.78, 5) is 12.8. The largest absolute Gasteiger partial charge is 0.298 e. The Morgan fingerprint density at radius 3 is 2.67 bits per heavy atom. The minimum absolute atomic E-state index is 0.144. The molecule has 2 rings (SSSR count). The van der Waals surface area contributed by atoms with Crippen molar-refractivity contribution in [1.82, 2.24) is 9.78 Å². The number of hydrogen-bond donors (Lipinski definition) is 0. The number of halogens is 1. The van der Waals surface area contributed by atoms with Crippen molar-refractivity contribution in [3.05, 3.63) is 15.9 Å². The number of ketones is 1. The van der Waals surface area contributed by atoms with Crippen LogP contribution in [0, 0.1) is 0 Å². The molecule has 0 amide bonds. The molecule has 0 bridgehead atoms. The molecule has 3 nitrogen and oxygen atoms in total. The van der Waals surface area contributed by atoms with Gasteiger partial charge in [-0.05, 0) is 35.7 Å². The lowest BCUT2D eigenvalue weighted by Crippen LogP contribution is -2.34. The summed E-state index contributed by atoms with van der Waals surface area (Å²) in [6.07, 6.45) is 2.46. The highest BCUT2D eigenvalue weighted by atomic mass is 79.9. The van der Waals surface area contributed by atoms with Crippen molar-refractivity contribution in [2.24, 2.45) is 0 Å². The van der Waals surface area contributed by atoms with E-state index in [0.717, 1.165) is 41.0 Å². The normalized spacial score (nSPS) is 22.5. The zero-order chi connectivity index (χ0) is 15.4. The van der Waals surface area contributed by atoms with Crippen LogP contribution in [0.1, 0.15) is 38.6 Å². The van der Waals surface area contributed by atoms with Crippen molar-refractivity contribution < 1.29 is 4.79 Å². The highest BCUT2D eigenvalue weighted by Gasteiger charge is 2.32. The molecule has 0 spiro atoms. The molecule has 2 heterocycles. The lowest BCUT2D eigenvalue weighted by atomic mass is 10.1. The number of rotatable bonds is 6. The number of Topliss-reactive ketones (excluding diaryl/α,β-unsaturated/α-hetero) is 1. The summed E-state index contributed by atoms with van der Waals surface area (Å²) in [6, 6.07) is 0. The predicted octanol–water partition coefficient (Wildman–Crippen LogP) is 3.97. The first-order chi connectivity index (χ1) is 10.1. The van der Waals surface area contributed by atoms with Crippen LogP contribution in [0.5, 0.6) is 0 Å². The van der Waals surface area contributed by atoms with Crippen LogP contribution in [0.3, 0.4) is 0 Å². The Labute approximate surface area is 144 Å². The van der Waals surface area contributed by atoms with E-state index < -0.39 is 0 Å².